The van der Waals surface area contributed by atoms with Crippen LogP contribution in [0.2, 0.25) is 5.02 Å². The number of phenols is 1. The van der Waals surface area contributed by atoms with E-state index in [0.29, 0.717) is 27.5 Å². The third-order valence-corrected chi connectivity index (χ3v) is 6.07. The lowest BCUT2D eigenvalue weighted by Crippen LogP contribution is -2.29. The minimum absolute atomic E-state index is 0.0638. The van der Waals surface area contributed by atoms with Crippen LogP contribution in [-0.4, -0.2) is 31.4 Å². The molecule has 0 spiro atoms. The summed E-state index contributed by atoms with van der Waals surface area (Å²) < 4.78 is 25.9. The van der Waals surface area contributed by atoms with Crippen LogP contribution in [0.25, 0.3) is 0 Å². The monoisotopic (exact) mass is 471 g/mol. The summed E-state index contributed by atoms with van der Waals surface area (Å²) in [4.78, 5) is 12.4. The second-order valence-corrected chi connectivity index (χ2v) is 9.44. The molecule has 0 aliphatic rings. The maximum absolute atomic E-state index is 12.4. The zero-order valence-corrected chi connectivity index (χ0v) is 19.1. The van der Waals surface area contributed by atoms with Gasteiger partial charge >= 0.3 is 0 Å². The summed E-state index contributed by atoms with van der Waals surface area (Å²) in [6.07, 6.45) is 1.13. The first kappa shape index (κ1) is 23.3. The molecule has 0 atom stereocenters. The Bertz CT molecular complexity index is 1240. The summed E-state index contributed by atoms with van der Waals surface area (Å²) in [5, 5.41) is 14.5. The average Bonchev–Trinajstić information content (AvgIpc) is 2.76. The Labute approximate surface area is 192 Å². The van der Waals surface area contributed by atoms with E-state index in [-0.39, 0.29) is 12.3 Å². The molecule has 0 saturated heterocycles. The van der Waals surface area contributed by atoms with Crippen molar-refractivity contribution in [2.45, 2.75) is 13.5 Å². The zero-order chi connectivity index (χ0) is 23.3. The zero-order valence-electron chi connectivity index (χ0n) is 17.5. The fourth-order valence-electron chi connectivity index (χ4n) is 2.97. The van der Waals surface area contributed by atoms with E-state index in [1.807, 2.05) is 0 Å². The van der Waals surface area contributed by atoms with E-state index in [9.17, 15) is 18.3 Å². The number of para-hydroxylation sites is 1. The molecule has 0 saturated carbocycles. The van der Waals surface area contributed by atoms with Crippen molar-refractivity contribution >= 4 is 38.9 Å². The summed E-state index contributed by atoms with van der Waals surface area (Å²) >= 11 is 5.90. The smallest absolute Gasteiger partial charge is 0.271 e. The van der Waals surface area contributed by atoms with Crippen LogP contribution in [-0.2, 0) is 16.6 Å². The number of hydrogen-bond acceptors (Lipinski definition) is 5. The summed E-state index contributed by atoms with van der Waals surface area (Å²) in [7, 11) is -3.56. The number of amides is 1. The molecule has 0 aromatic heterocycles. The van der Waals surface area contributed by atoms with Crippen molar-refractivity contribution in [3.8, 4) is 5.75 Å². The molecule has 0 heterocycles. The summed E-state index contributed by atoms with van der Waals surface area (Å²) in [5.41, 5.74) is 4.90. The molecular formula is C23H22ClN3O4S. The highest BCUT2D eigenvalue weighted by Crippen LogP contribution is 2.22. The number of nitrogens with zero attached hydrogens (tertiary/aromatic N) is 2. The highest BCUT2D eigenvalue weighted by Gasteiger charge is 2.18. The molecule has 2 N–H and O–H groups in total. The van der Waals surface area contributed by atoms with Crippen LogP contribution in [0.4, 0.5) is 5.69 Å². The van der Waals surface area contributed by atoms with Crippen molar-refractivity contribution in [1.82, 2.24) is 5.43 Å². The lowest BCUT2D eigenvalue weighted by Gasteiger charge is -2.22. The fourth-order valence-corrected chi connectivity index (χ4v) is 3.99. The molecule has 0 radical (unpaired) electrons. The molecule has 7 nitrogen and oxygen atoms in total. The lowest BCUT2D eigenvalue weighted by molar-refractivity contribution is 0.0955. The molecule has 3 aromatic rings. The molecule has 0 aliphatic heterocycles. The first-order chi connectivity index (χ1) is 15.1. The molecule has 9 heteroatoms. The summed E-state index contributed by atoms with van der Waals surface area (Å²) in [6, 6.07) is 19.8. The molecular weight excluding hydrogens is 450 g/mol. The molecule has 32 heavy (non-hydrogen) atoms. The third-order valence-electron chi connectivity index (χ3n) is 4.68. The van der Waals surface area contributed by atoms with Crippen LogP contribution < -0.4 is 9.73 Å². The van der Waals surface area contributed by atoms with Gasteiger partial charge in [0.25, 0.3) is 5.91 Å². The number of carbonyl (C=O) groups is 1. The van der Waals surface area contributed by atoms with Gasteiger partial charge in [-0.25, -0.2) is 13.8 Å². The molecule has 166 valence electrons. The number of phenolic OH excluding ortho intramolecular Hbond substituents is 1. The van der Waals surface area contributed by atoms with Gasteiger partial charge in [-0.15, -0.1) is 0 Å². The van der Waals surface area contributed by atoms with Crippen molar-refractivity contribution in [2.75, 3.05) is 10.6 Å². The van der Waals surface area contributed by atoms with Gasteiger partial charge in [-0.05, 0) is 61.0 Å². The third kappa shape index (κ3) is 5.87. The van der Waals surface area contributed by atoms with Crippen LogP contribution in [0.5, 0.6) is 5.75 Å². The normalized spacial score (nSPS) is 11.8. The van der Waals surface area contributed by atoms with E-state index < -0.39 is 15.9 Å². The minimum atomic E-state index is -3.56. The lowest BCUT2D eigenvalue weighted by atomic mass is 10.1. The Morgan fingerprint density at radius 3 is 2.25 bits per heavy atom. The number of aromatic hydroxyl groups is 1. The standard InChI is InChI=1S/C23H22ClN3O4S/c1-16(21-5-3-4-6-22(21)28)25-26-23(29)18-9-13-20(14-10-18)27(32(2,30)31)15-17-7-11-19(24)12-8-17/h3-14,28H,15H2,1-2H3,(H,26,29)/b25-16-. The Hall–Kier alpha value is -3.36. The molecule has 1 amide bonds. The summed E-state index contributed by atoms with van der Waals surface area (Å²) in [5.74, 6) is -0.399. The van der Waals surface area contributed by atoms with Crippen molar-refractivity contribution < 1.29 is 18.3 Å². The minimum Gasteiger partial charge on any atom is -0.507 e. The Balaban J connectivity index is 1.76. The van der Waals surface area contributed by atoms with Gasteiger partial charge in [-0.2, -0.15) is 5.10 Å². The first-order valence-corrected chi connectivity index (χ1v) is 11.8. The van der Waals surface area contributed by atoms with Crippen molar-refractivity contribution in [1.29, 1.82) is 0 Å². The van der Waals surface area contributed by atoms with Gasteiger partial charge in [-0.1, -0.05) is 35.9 Å². The highest BCUT2D eigenvalue weighted by atomic mass is 35.5. The van der Waals surface area contributed by atoms with Crippen LogP contribution in [0.15, 0.2) is 77.9 Å². The Kier molecular flexibility index (Phi) is 7.17. The summed E-state index contributed by atoms with van der Waals surface area (Å²) in [6.45, 7) is 1.80. The number of rotatable bonds is 7. The number of hydrazone groups is 1. The van der Waals surface area contributed by atoms with Crippen molar-refractivity contribution in [2.24, 2.45) is 5.10 Å². The number of halogens is 1. The van der Waals surface area contributed by atoms with Crippen molar-refractivity contribution in [3.63, 3.8) is 0 Å². The molecule has 0 bridgehead atoms. The molecule has 3 aromatic carbocycles. The average molecular weight is 472 g/mol. The van der Waals surface area contributed by atoms with E-state index >= 15 is 0 Å². The maximum atomic E-state index is 12.4. The molecule has 0 unspecified atom stereocenters. The van der Waals surface area contributed by atoms with Gasteiger partial charge < -0.3 is 5.11 Å². The second-order valence-electron chi connectivity index (χ2n) is 7.10. The van der Waals surface area contributed by atoms with Crippen LogP contribution in [0.1, 0.15) is 28.4 Å². The fraction of sp³-hybridized carbons (Fsp3) is 0.130. The van der Waals surface area contributed by atoms with E-state index in [2.05, 4.69) is 10.5 Å². The quantitative estimate of drug-likeness (QED) is 0.399. The van der Waals surface area contributed by atoms with E-state index in [4.69, 9.17) is 11.6 Å². The van der Waals surface area contributed by atoms with Crippen LogP contribution in [0.3, 0.4) is 0 Å². The van der Waals surface area contributed by atoms with Gasteiger partial charge in [0, 0.05) is 16.1 Å². The number of hydrogen-bond donors (Lipinski definition) is 2. The Morgan fingerprint density at radius 1 is 1.03 bits per heavy atom. The predicted molar refractivity (Wildman–Crippen MR) is 127 cm³/mol. The van der Waals surface area contributed by atoms with E-state index in [1.54, 1.807) is 61.5 Å². The van der Waals surface area contributed by atoms with Gasteiger partial charge in [-0.3, -0.25) is 9.10 Å². The Morgan fingerprint density at radius 2 is 1.66 bits per heavy atom. The van der Waals surface area contributed by atoms with Gasteiger partial charge in [0.15, 0.2) is 0 Å². The number of sulfonamides is 1. The molecule has 0 fully saturated rings. The SMILES string of the molecule is C/C(=N/NC(=O)c1ccc(N(Cc2ccc(Cl)cc2)S(C)(=O)=O)cc1)c1ccccc1O. The van der Waals surface area contributed by atoms with Crippen LogP contribution in [0, 0.1) is 0 Å². The highest BCUT2D eigenvalue weighted by molar-refractivity contribution is 7.92. The van der Waals surface area contributed by atoms with Gasteiger partial charge in [0.05, 0.1) is 24.2 Å². The van der Waals surface area contributed by atoms with E-state index in [0.717, 1.165) is 11.8 Å². The van der Waals surface area contributed by atoms with Gasteiger partial charge in [0.1, 0.15) is 5.75 Å². The van der Waals surface area contributed by atoms with Gasteiger partial charge in [0.2, 0.25) is 10.0 Å². The second kappa shape index (κ2) is 9.84. The number of anilines is 1. The van der Waals surface area contributed by atoms with E-state index in [1.165, 1.54) is 22.5 Å². The molecule has 3 rings (SSSR count). The van der Waals surface area contributed by atoms with Crippen molar-refractivity contribution in [3.05, 3.63) is 94.5 Å². The largest absolute Gasteiger partial charge is 0.507 e. The first-order valence-electron chi connectivity index (χ1n) is 9.60. The molecule has 0 aliphatic carbocycles. The number of nitrogens with one attached hydrogen (secondary N) is 1. The number of benzene rings is 3. The van der Waals surface area contributed by atoms with Crippen LogP contribution >= 0.6 is 11.6 Å². The predicted octanol–water partition coefficient (Wildman–Crippen LogP) is 4.17. The maximum Gasteiger partial charge on any atom is 0.271 e. The number of carbonyl (C=O) groups excluding carboxylic acids is 1. The topological polar surface area (TPSA) is 99.1 Å².